The van der Waals surface area contributed by atoms with Crippen molar-refractivity contribution in [2.75, 3.05) is 18.0 Å². The summed E-state index contributed by atoms with van der Waals surface area (Å²) in [6, 6.07) is 9.88. The van der Waals surface area contributed by atoms with Crippen molar-refractivity contribution in [2.45, 2.75) is 18.9 Å². The molecule has 3 rings (SSSR count). The third-order valence-corrected chi connectivity index (χ3v) is 4.30. The lowest BCUT2D eigenvalue weighted by molar-refractivity contribution is 0.824. The molecule has 1 saturated heterocycles. The fraction of sp³-hybridized carbons (Fsp3) is 0.385. The predicted molar refractivity (Wildman–Crippen MR) is 73.8 cm³/mol. The van der Waals surface area contributed by atoms with Gasteiger partial charge in [0.1, 0.15) is 5.01 Å². The zero-order chi connectivity index (χ0) is 12.4. The molecule has 4 nitrogen and oxygen atoms in total. The number of benzene rings is 1. The molecular weight excluding hydrogens is 244 g/mol. The summed E-state index contributed by atoms with van der Waals surface area (Å²) in [5.74, 6) is 0. The van der Waals surface area contributed by atoms with Crippen LogP contribution in [0.4, 0.5) is 5.13 Å². The van der Waals surface area contributed by atoms with Crippen LogP contribution in [0.1, 0.15) is 29.5 Å². The average Bonchev–Trinajstić information content (AvgIpc) is 3.09. The van der Waals surface area contributed by atoms with E-state index in [4.69, 9.17) is 5.73 Å². The average molecular weight is 260 g/mol. The van der Waals surface area contributed by atoms with Gasteiger partial charge in [0, 0.05) is 13.1 Å². The highest BCUT2D eigenvalue weighted by molar-refractivity contribution is 7.15. The number of hydrogen-bond acceptors (Lipinski definition) is 5. The minimum absolute atomic E-state index is 0.167. The van der Waals surface area contributed by atoms with E-state index in [1.165, 1.54) is 12.8 Å². The lowest BCUT2D eigenvalue weighted by atomic mass is 10.1. The van der Waals surface area contributed by atoms with Gasteiger partial charge in [0.05, 0.1) is 6.04 Å². The highest BCUT2D eigenvalue weighted by Gasteiger charge is 2.19. The summed E-state index contributed by atoms with van der Waals surface area (Å²) in [4.78, 5) is 2.29. The van der Waals surface area contributed by atoms with Gasteiger partial charge in [-0.15, -0.1) is 10.2 Å². The Hall–Kier alpha value is -1.46. The molecule has 0 saturated carbocycles. The second-order valence-corrected chi connectivity index (χ2v) is 5.49. The summed E-state index contributed by atoms with van der Waals surface area (Å²) in [6.45, 7) is 2.18. The number of aromatic nitrogens is 2. The topological polar surface area (TPSA) is 55.0 Å². The maximum Gasteiger partial charge on any atom is 0.208 e. The Morgan fingerprint density at radius 3 is 2.56 bits per heavy atom. The smallest absolute Gasteiger partial charge is 0.208 e. The lowest BCUT2D eigenvalue weighted by Crippen LogP contribution is -2.17. The van der Waals surface area contributed by atoms with Crippen LogP contribution in [0.2, 0.25) is 0 Å². The molecule has 2 N–H and O–H groups in total. The lowest BCUT2D eigenvalue weighted by Gasteiger charge is -2.11. The Morgan fingerprint density at radius 2 is 1.83 bits per heavy atom. The van der Waals surface area contributed by atoms with Crippen molar-refractivity contribution in [1.29, 1.82) is 0 Å². The maximum atomic E-state index is 6.22. The Kier molecular flexibility index (Phi) is 3.25. The summed E-state index contributed by atoms with van der Waals surface area (Å²) in [7, 11) is 0. The van der Waals surface area contributed by atoms with Crippen LogP contribution >= 0.6 is 11.3 Å². The fourth-order valence-electron chi connectivity index (χ4n) is 2.19. The second-order valence-electron chi connectivity index (χ2n) is 4.51. The van der Waals surface area contributed by atoms with E-state index in [1.807, 2.05) is 30.3 Å². The first-order chi connectivity index (χ1) is 8.84. The number of nitrogens with two attached hydrogens (primary N) is 1. The van der Waals surface area contributed by atoms with Gasteiger partial charge in [-0.1, -0.05) is 41.7 Å². The molecule has 0 spiro atoms. The van der Waals surface area contributed by atoms with E-state index in [1.54, 1.807) is 11.3 Å². The van der Waals surface area contributed by atoms with Gasteiger partial charge in [-0.2, -0.15) is 0 Å². The molecule has 94 valence electrons. The van der Waals surface area contributed by atoms with Gasteiger partial charge in [0.25, 0.3) is 0 Å². The Labute approximate surface area is 110 Å². The molecule has 1 aromatic heterocycles. The van der Waals surface area contributed by atoms with Crippen LogP contribution in [0, 0.1) is 0 Å². The molecule has 1 unspecified atom stereocenters. The van der Waals surface area contributed by atoms with E-state index in [-0.39, 0.29) is 6.04 Å². The highest BCUT2D eigenvalue weighted by atomic mass is 32.1. The van der Waals surface area contributed by atoms with E-state index in [0.717, 1.165) is 28.8 Å². The number of anilines is 1. The molecule has 1 aliphatic heterocycles. The van der Waals surface area contributed by atoms with E-state index >= 15 is 0 Å². The van der Waals surface area contributed by atoms with Crippen LogP contribution in [-0.2, 0) is 0 Å². The number of hydrogen-bond donors (Lipinski definition) is 1. The predicted octanol–water partition coefficient (Wildman–Crippen LogP) is 2.19. The van der Waals surface area contributed by atoms with Gasteiger partial charge >= 0.3 is 0 Å². The van der Waals surface area contributed by atoms with Crippen molar-refractivity contribution in [1.82, 2.24) is 10.2 Å². The summed E-state index contributed by atoms with van der Waals surface area (Å²) < 4.78 is 0. The summed E-state index contributed by atoms with van der Waals surface area (Å²) in [6.07, 6.45) is 2.50. The molecule has 1 aliphatic rings. The SMILES string of the molecule is NC(c1ccccc1)c1nnc(N2CCCC2)s1. The maximum absolute atomic E-state index is 6.22. The van der Waals surface area contributed by atoms with Crippen molar-refractivity contribution in [3.05, 3.63) is 40.9 Å². The third kappa shape index (κ3) is 2.23. The molecule has 1 fully saturated rings. The Morgan fingerprint density at radius 1 is 1.11 bits per heavy atom. The van der Waals surface area contributed by atoms with Gasteiger partial charge in [0.15, 0.2) is 0 Å². The first kappa shape index (κ1) is 11.6. The Bertz CT molecular complexity index is 505. The zero-order valence-electron chi connectivity index (χ0n) is 10.1. The quantitative estimate of drug-likeness (QED) is 0.919. The molecule has 0 bridgehead atoms. The summed E-state index contributed by atoms with van der Waals surface area (Å²) in [5.41, 5.74) is 7.30. The van der Waals surface area contributed by atoms with Crippen molar-refractivity contribution in [3.63, 3.8) is 0 Å². The molecule has 0 aliphatic carbocycles. The Balaban J connectivity index is 1.80. The number of nitrogens with zero attached hydrogens (tertiary/aromatic N) is 3. The molecule has 1 atom stereocenters. The molecular formula is C13H16N4S. The molecule has 5 heteroatoms. The van der Waals surface area contributed by atoms with E-state index in [0.29, 0.717) is 0 Å². The van der Waals surface area contributed by atoms with E-state index in [9.17, 15) is 0 Å². The van der Waals surface area contributed by atoms with Crippen LogP contribution in [0.15, 0.2) is 30.3 Å². The van der Waals surface area contributed by atoms with Crippen LogP contribution < -0.4 is 10.6 Å². The monoisotopic (exact) mass is 260 g/mol. The fourth-order valence-corrected chi connectivity index (χ4v) is 3.12. The molecule has 0 radical (unpaired) electrons. The van der Waals surface area contributed by atoms with Gasteiger partial charge in [-0.05, 0) is 18.4 Å². The molecule has 0 amide bonds. The number of rotatable bonds is 3. The minimum atomic E-state index is -0.167. The summed E-state index contributed by atoms with van der Waals surface area (Å²) >= 11 is 1.61. The van der Waals surface area contributed by atoms with Gasteiger partial charge in [0.2, 0.25) is 5.13 Å². The zero-order valence-corrected chi connectivity index (χ0v) is 10.9. The standard InChI is InChI=1S/C13H16N4S/c14-11(10-6-2-1-3-7-10)12-15-16-13(18-12)17-8-4-5-9-17/h1-3,6-7,11H,4-5,8-9,14H2. The second kappa shape index (κ2) is 5.04. The van der Waals surface area contributed by atoms with E-state index in [2.05, 4.69) is 15.1 Å². The largest absolute Gasteiger partial charge is 0.347 e. The van der Waals surface area contributed by atoms with Crippen molar-refractivity contribution < 1.29 is 0 Å². The highest BCUT2D eigenvalue weighted by Crippen LogP contribution is 2.29. The van der Waals surface area contributed by atoms with Crippen LogP contribution in [0.5, 0.6) is 0 Å². The molecule has 2 aromatic rings. The van der Waals surface area contributed by atoms with Crippen molar-refractivity contribution >= 4 is 16.5 Å². The summed E-state index contributed by atoms with van der Waals surface area (Å²) in [5, 5.41) is 10.4. The first-order valence-electron chi connectivity index (χ1n) is 6.23. The van der Waals surface area contributed by atoms with Gasteiger partial charge in [-0.25, -0.2) is 0 Å². The van der Waals surface area contributed by atoms with Crippen LogP contribution in [0.25, 0.3) is 0 Å². The first-order valence-corrected chi connectivity index (χ1v) is 7.05. The normalized spacial score (nSPS) is 17.1. The third-order valence-electron chi connectivity index (χ3n) is 3.23. The molecule has 2 heterocycles. The van der Waals surface area contributed by atoms with Crippen molar-refractivity contribution in [2.24, 2.45) is 5.73 Å². The van der Waals surface area contributed by atoms with Crippen molar-refractivity contribution in [3.8, 4) is 0 Å². The van der Waals surface area contributed by atoms with E-state index < -0.39 is 0 Å². The minimum Gasteiger partial charge on any atom is -0.347 e. The molecule has 1 aromatic carbocycles. The molecule has 18 heavy (non-hydrogen) atoms. The van der Waals surface area contributed by atoms with Gasteiger partial charge in [-0.3, -0.25) is 0 Å². The van der Waals surface area contributed by atoms with Crippen LogP contribution in [0.3, 0.4) is 0 Å². The van der Waals surface area contributed by atoms with Crippen LogP contribution in [-0.4, -0.2) is 23.3 Å². The van der Waals surface area contributed by atoms with Gasteiger partial charge < -0.3 is 10.6 Å².